The van der Waals surface area contributed by atoms with Gasteiger partial charge < -0.3 is 10.3 Å². The van der Waals surface area contributed by atoms with Gasteiger partial charge >= 0.3 is 0 Å². The highest BCUT2D eigenvalue weighted by Gasteiger charge is 2.05. The van der Waals surface area contributed by atoms with Gasteiger partial charge in [0.05, 0.1) is 11.6 Å². The van der Waals surface area contributed by atoms with Gasteiger partial charge in [-0.05, 0) is 42.3 Å². The Bertz CT molecular complexity index is 843. The molecular formula is C17H14ClN3. The van der Waals surface area contributed by atoms with Crippen LogP contribution in [-0.4, -0.2) is 4.98 Å². The lowest BCUT2D eigenvalue weighted by Crippen LogP contribution is -2.00. The maximum Gasteiger partial charge on any atom is 0.0992 e. The Balaban J connectivity index is 1.85. The van der Waals surface area contributed by atoms with E-state index in [-0.39, 0.29) is 0 Å². The van der Waals surface area contributed by atoms with Gasteiger partial charge in [0.2, 0.25) is 0 Å². The van der Waals surface area contributed by atoms with Crippen molar-refractivity contribution in [3.05, 3.63) is 64.3 Å². The molecule has 4 heteroatoms. The summed E-state index contributed by atoms with van der Waals surface area (Å²) >= 11 is 5.99. The highest BCUT2D eigenvalue weighted by atomic mass is 35.5. The largest absolute Gasteiger partial charge is 0.381 e. The second-order valence-electron chi connectivity index (χ2n) is 5.00. The van der Waals surface area contributed by atoms with Crippen molar-refractivity contribution in [1.29, 1.82) is 5.26 Å². The zero-order valence-corrected chi connectivity index (χ0v) is 12.3. The Morgan fingerprint density at radius 1 is 1.24 bits per heavy atom. The molecule has 104 valence electrons. The minimum Gasteiger partial charge on any atom is -0.381 e. The number of aromatic nitrogens is 1. The van der Waals surface area contributed by atoms with Gasteiger partial charge in [0.15, 0.2) is 0 Å². The van der Waals surface area contributed by atoms with Crippen molar-refractivity contribution >= 4 is 28.2 Å². The van der Waals surface area contributed by atoms with Crippen molar-refractivity contribution in [3.63, 3.8) is 0 Å². The molecule has 3 nitrogen and oxygen atoms in total. The lowest BCUT2D eigenvalue weighted by Gasteiger charge is -2.09. The van der Waals surface area contributed by atoms with Crippen LogP contribution in [0.15, 0.2) is 42.6 Å². The number of nitrogens with zero attached hydrogens (tertiary/aromatic N) is 1. The predicted molar refractivity (Wildman–Crippen MR) is 86.5 cm³/mol. The van der Waals surface area contributed by atoms with Crippen LogP contribution in [-0.2, 0) is 6.54 Å². The number of fused-ring (bicyclic) bond motifs is 1. The summed E-state index contributed by atoms with van der Waals surface area (Å²) in [7, 11) is 0. The summed E-state index contributed by atoms with van der Waals surface area (Å²) in [6.45, 7) is 2.72. The first kappa shape index (κ1) is 13.5. The van der Waals surface area contributed by atoms with E-state index in [1.807, 2.05) is 49.5 Å². The molecule has 0 spiro atoms. The molecule has 21 heavy (non-hydrogen) atoms. The molecule has 0 fully saturated rings. The fraction of sp³-hybridized carbons (Fsp3) is 0.118. The van der Waals surface area contributed by atoms with Gasteiger partial charge in [-0.15, -0.1) is 0 Å². The monoisotopic (exact) mass is 295 g/mol. The molecule has 0 radical (unpaired) electrons. The van der Waals surface area contributed by atoms with E-state index >= 15 is 0 Å². The summed E-state index contributed by atoms with van der Waals surface area (Å²) < 4.78 is 0. The van der Waals surface area contributed by atoms with Crippen LogP contribution in [0.4, 0.5) is 5.69 Å². The first-order chi connectivity index (χ1) is 10.2. The maximum atomic E-state index is 8.98. The van der Waals surface area contributed by atoms with Gasteiger partial charge in [-0.1, -0.05) is 23.7 Å². The minimum atomic E-state index is 0.661. The molecule has 0 unspecified atom stereocenters. The molecule has 0 aliphatic carbocycles. The van der Waals surface area contributed by atoms with E-state index < -0.39 is 0 Å². The fourth-order valence-corrected chi connectivity index (χ4v) is 2.55. The van der Waals surface area contributed by atoms with Crippen LogP contribution in [0, 0.1) is 18.3 Å². The van der Waals surface area contributed by atoms with E-state index in [0.29, 0.717) is 12.1 Å². The zero-order chi connectivity index (χ0) is 14.8. The number of rotatable bonds is 3. The van der Waals surface area contributed by atoms with Crippen molar-refractivity contribution in [2.75, 3.05) is 5.32 Å². The smallest absolute Gasteiger partial charge is 0.0992 e. The lowest BCUT2D eigenvalue weighted by molar-refractivity contribution is 1.15. The molecule has 3 aromatic rings. The van der Waals surface area contributed by atoms with Crippen LogP contribution in [0.1, 0.15) is 16.7 Å². The van der Waals surface area contributed by atoms with Gasteiger partial charge in [-0.2, -0.15) is 5.26 Å². The Morgan fingerprint density at radius 2 is 2.10 bits per heavy atom. The number of nitriles is 1. The molecule has 2 N–H and O–H groups in total. The van der Waals surface area contributed by atoms with Crippen LogP contribution in [0.2, 0.25) is 5.02 Å². The first-order valence-corrected chi connectivity index (χ1v) is 7.05. The topological polar surface area (TPSA) is 51.6 Å². The summed E-state index contributed by atoms with van der Waals surface area (Å²) in [6, 6.07) is 13.6. The SMILES string of the molecule is Cc1ccc(C#N)cc1NCc1c[nH]c2cc(Cl)ccc12. The van der Waals surface area contributed by atoms with E-state index in [1.165, 1.54) is 5.56 Å². The number of aryl methyl sites for hydroxylation is 1. The number of H-pyrrole nitrogens is 1. The zero-order valence-electron chi connectivity index (χ0n) is 11.6. The van der Waals surface area contributed by atoms with Gasteiger partial charge in [-0.3, -0.25) is 0 Å². The molecular weight excluding hydrogens is 282 g/mol. The Kier molecular flexibility index (Phi) is 3.55. The number of nitrogens with one attached hydrogen (secondary N) is 2. The quantitative estimate of drug-likeness (QED) is 0.741. The molecule has 0 atom stereocenters. The molecule has 0 saturated carbocycles. The summed E-state index contributed by atoms with van der Waals surface area (Å²) in [5.41, 5.74) is 4.97. The number of benzene rings is 2. The number of hydrogen-bond acceptors (Lipinski definition) is 2. The van der Waals surface area contributed by atoms with Crippen molar-refractivity contribution in [2.45, 2.75) is 13.5 Å². The van der Waals surface area contributed by atoms with Crippen molar-refractivity contribution < 1.29 is 0 Å². The summed E-state index contributed by atoms with van der Waals surface area (Å²) in [5, 5.41) is 14.2. The molecule has 3 rings (SSSR count). The van der Waals surface area contributed by atoms with E-state index in [9.17, 15) is 0 Å². The van der Waals surface area contributed by atoms with Crippen LogP contribution in [0.5, 0.6) is 0 Å². The fourth-order valence-electron chi connectivity index (χ4n) is 2.38. The maximum absolute atomic E-state index is 8.98. The third-order valence-corrected chi connectivity index (χ3v) is 3.80. The molecule has 1 aromatic heterocycles. The number of anilines is 1. The van der Waals surface area contributed by atoms with Crippen LogP contribution < -0.4 is 5.32 Å². The molecule has 0 aliphatic heterocycles. The van der Waals surface area contributed by atoms with Crippen LogP contribution in [0.25, 0.3) is 10.9 Å². The van der Waals surface area contributed by atoms with E-state index in [2.05, 4.69) is 16.4 Å². The lowest BCUT2D eigenvalue weighted by atomic mass is 10.1. The molecule has 0 amide bonds. The molecule has 0 aliphatic rings. The normalized spacial score (nSPS) is 10.5. The van der Waals surface area contributed by atoms with Crippen LogP contribution >= 0.6 is 11.6 Å². The third kappa shape index (κ3) is 2.72. The predicted octanol–water partition coefficient (Wildman–Crippen LogP) is 4.61. The second kappa shape index (κ2) is 5.51. The van der Waals surface area contributed by atoms with Gasteiger partial charge in [-0.25, -0.2) is 0 Å². The third-order valence-electron chi connectivity index (χ3n) is 3.57. The minimum absolute atomic E-state index is 0.661. The molecule has 2 aromatic carbocycles. The van der Waals surface area contributed by atoms with Gasteiger partial charge in [0.25, 0.3) is 0 Å². The average Bonchev–Trinajstić information content (AvgIpc) is 2.88. The van der Waals surface area contributed by atoms with Crippen LogP contribution in [0.3, 0.4) is 0 Å². The number of halogens is 1. The van der Waals surface area contributed by atoms with Crippen molar-refractivity contribution in [3.8, 4) is 6.07 Å². The number of hydrogen-bond donors (Lipinski definition) is 2. The highest BCUT2D eigenvalue weighted by Crippen LogP contribution is 2.24. The van der Waals surface area contributed by atoms with Gasteiger partial charge in [0.1, 0.15) is 0 Å². The molecule has 1 heterocycles. The number of aromatic amines is 1. The first-order valence-electron chi connectivity index (χ1n) is 6.67. The molecule has 0 bridgehead atoms. The van der Waals surface area contributed by atoms with E-state index in [1.54, 1.807) is 0 Å². The summed E-state index contributed by atoms with van der Waals surface area (Å²) in [6.07, 6.45) is 1.98. The standard InChI is InChI=1S/C17H14ClN3/c1-11-2-3-12(8-19)6-16(11)20-9-13-10-21-17-7-14(18)4-5-15(13)17/h2-7,10,20-21H,9H2,1H3. The summed E-state index contributed by atoms with van der Waals surface area (Å²) in [5.74, 6) is 0. The van der Waals surface area contributed by atoms with E-state index in [0.717, 1.165) is 27.2 Å². The second-order valence-corrected chi connectivity index (χ2v) is 5.44. The Hall–Kier alpha value is -2.44. The summed E-state index contributed by atoms with van der Waals surface area (Å²) in [4.78, 5) is 3.23. The van der Waals surface area contributed by atoms with E-state index in [4.69, 9.17) is 16.9 Å². The Morgan fingerprint density at radius 3 is 2.90 bits per heavy atom. The van der Waals surface area contributed by atoms with Crippen molar-refractivity contribution in [1.82, 2.24) is 4.98 Å². The van der Waals surface area contributed by atoms with Crippen molar-refractivity contribution in [2.24, 2.45) is 0 Å². The highest BCUT2D eigenvalue weighted by molar-refractivity contribution is 6.31. The van der Waals surface area contributed by atoms with Gasteiger partial charge in [0, 0.05) is 34.4 Å². The molecule has 0 saturated heterocycles. The Labute approximate surface area is 128 Å². The average molecular weight is 296 g/mol.